The van der Waals surface area contributed by atoms with Crippen LogP contribution < -0.4 is 74.4 Å². The molecule has 0 unspecified atom stereocenters. The Balaban J connectivity index is 0.0000000883. The molecule has 6 aromatic heterocycles. The molecular formula is C130H86B4N6O2S2. The first kappa shape index (κ1) is 81.8. The minimum Gasteiger partial charge on any atom is -0.468 e. The molecule has 14 heteroatoms. The van der Waals surface area contributed by atoms with Crippen molar-refractivity contribution >= 4 is 247 Å². The zero-order valence-electron chi connectivity index (χ0n) is 79.3. The second kappa shape index (κ2) is 30.7. The van der Waals surface area contributed by atoms with E-state index in [1.807, 2.05) is 34.8 Å². The number of allylic oxidation sites excluding steroid dienone is 2. The fourth-order valence-corrected chi connectivity index (χ4v) is 29.7. The fourth-order valence-electron chi connectivity index (χ4n) is 27.1. The zero-order valence-corrected chi connectivity index (χ0v) is 81.0. The maximum Gasteiger partial charge on any atom is 0.298 e. The summed E-state index contributed by atoms with van der Waals surface area (Å²) in [5.41, 5.74) is 49.4. The van der Waals surface area contributed by atoms with Crippen molar-refractivity contribution in [2.75, 3.05) is 19.6 Å². The van der Waals surface area contributed by atoms with Gasteiger partial charge in [-0.1, -0.05) is 343 Å². The van der Waals surface area contributed by atoms with Crippen molar-refractivity contribution in [3.8, 4) is 44.4 Å². The minimum absolute atomic E-state index is 0.0159. The molecule has 24 aromatic rings. The summed E-state index contributed by atoms with van der Waals surface area (Å²) >= 11 is 3.87. The monoisotopic (exact) mass is 1870 g/mol. The van der Waals surface area contributed by atoms with Crippen molar-refractivity contribution < 1.29 is 8.83 Å². The molecule has 0 N–H and O–H groups in total. The maximum absolute atomic E-state index is 6.63. The number of hydrogen-bond donors (Lipinski definition) is 0. The summed E-state index contributed by atoms with van der Waals surface area (Å²) in [6.07, 6.45) is 0. The van der Waals surface area contributed by atoms with Crippen LogP contribution in [0.5, 0.6) is 0 Å². The van der Waals surface area contributed by atoms with Gasteiger partial charge in [0, 0.05) is 110 Å². The van der Waals surface area contributed by atoms with E-state index >= 15 is 0 Å². The highest BCUT2D eigenvalue weighted by molar-refractivity contribution is 7.30. The molecule has 0 fully saturated rings. The third-order valence-electron chi connectivity index (χ3n) is 32.5. The Labute approximate surface area is 843 Å². The standard InChI is InChI=1S/C40H26BN3.C34H28BN.C28H16BNO2.C28H16BNS2/c1-4-15-27(16-5-1)42-33-24-12-10-21-30(33)37-39(42)32-23-14-26-35-36(32)41(37)38-31-22-11-13-25-34(31)43(28-17-6-2-7-18-28)40(38)44(35)29-19-8-3-9-20-29;1-33(2)25-18-10-8-15-22(25)30-28(33)24-17-12-20-27-29(24)35(30)31-23-16-9-11-19-26(23)34(3,4)32(31)36(27)21-13-6-5-7-14-21;1-2-9-17(10-3-1)30-21-14-8-13-20-24(21)29(25-18-11-4-6-15-22(18)31-27(20)25)28-26(30)19-12-5-7-16-23(19)32-28;1-2-9-17(10-3-1)30-21-14-8-13-20-24(21)29(25-18-11-4-6-15-22(18)31-27(20)25)26-19-12-5-7-16-23(19)32-28(26)30/h1-26H;5-20H,1-4H3;2*1-16H. The molecule has 0 saturated heterocycles. The lowest BCUT2D eigenvalue weighted by molar-refractivity contribution is 0.626. The second-order valence-corrected chi connectivity index (χ2v) is 42.5. The Morgan fingerprint density at radius 3 is 1.29 bits per heavy atom. The topological polar surface area (TPSA) is 49.1 Å². The maximum atomic E-state index is 6.63. The van der Waals surface area contributed by atoms with E-state index in [0.29, 0.717) is 6.71 Å². The van der Waals surface area contributed by atoms with Crippen molar-refractivity contribution in [2.24, 2.45) is 0 Å². The molecule has 144 heavy (non-hydrogen) atoms. The average Bonchev–Trinajstić information content (AvgIpc) is 1.50. The molecule has 0 radical (unpaired) electrons. The lowest BCUT2D eigenvalue weighted by Gasteiger charge is -2.41. The Kier molecular flexibility index (Phi) is 17.5. The molecule has 8 nitrogen and oxygen atoms in total. The van der Waals surface area contributed by atoms with E-state index in [1.165, 1.54) is 214 Å². The minimum atomic E-state index is -0.105. The predicted octanol–water partition coefficient (Wildman–Crippen LogP) is 27.2. The number of anilines is 11. The molecule has 34 rings (SSSR count). The van der Waals surface area contributed by atoms with Gasteiger partial charge in [0.15, 0.2) is 0 Å². The van der Waals surface area contributed by atoms with Crippen molar-refractivity contribution in [1.29, 1.82) is 0 Å². The number of furan rings is 2. The highest BCUT2D eigenvalue weighted by atomic mass is 32.1. The Bertz CT molecular complexity index is 9670. The lowest BCUT2D eigenvalue weighted by Crippen LogP contribution is -2.54. The Morgan fingerprint density at radius 1 is 0.250 bits per heavy atom. The number of aromatic nitrogens is 2. The normalized spacial score (nSPS) is 14.8. The van der Waals surface area contributed by atoms with E-state index in [4.69, 9.17) is 8.83 Å². The van der Waals surface area contributed by atoms with Crippen LogP contribution in [0, 0.1) is 0 Å². The molecule has 0 amide bonds. The van der Waals surface area contributed by atoms with E-state index in [0.717, 1.165) is 61.7 Å². The van der Waals surface area contributed by atoms with E-state index in [9.17, 15) is 0 Å². The Morgan fingerprint density at radius 2 is 0.660 bits per heavy atom. The average molecular weight is 1870 g/mol. The molecule has 0 bridgehead atoms. The number of thiophene rings is 2. The summed E-state index contributed by atoms with van der Waals surface area (Å²) in [4.78, 5) is 11.4. The van der Waals surface area contributed by atoms with Crippen LogP contribution in [-0.2, 0) is 10.8 Å². The van der Waals surface area contributed by atoms with Crippen LogP contribution in [-0.4, -0.2) is 36.0 Å². The van der Waals surface area contributed by atoms with Gasteiger partial charge in [0.2, 0.25) is 6.71 Å². The van der Waals surface area contributed by atoms with Crippen LogP contribution in [0.2, 0.25) is 0 Å². The van der Waals surface area contributed by atoms with E-state index < -0.39 is 0 Å². The molecule has 0 atom stereocenters. The van der Waals surface area contributed by atoms with Crippen LogP contribution in [0.15, 0.2) is 463 Å². The number of nitrogens with zero attached hydrogens (tertiary/aromatic N) is 6. The number of fused-ring (bicyclic) bond motifs is 34. The molecule has 0 spiro atoms. The lowest BCUT2D eigenvalue weighted by atomic mass is 9.34. The highest BCUT2D eigenvalue weighted by Gasteiger charge is 2.58. The van der Waals surface area contributed by atoms with Crippen LogP contribution >= 0.6 is 22.7 Å². The van der Waals surface area contributed by atoms with Gasteiger partial charge in [-0.05, 0) is 260 Å². The number of rotatable bonds is 6. The SMILES string of the molecule is CC1(C)C2=C(B3C4=C(N(c5ccccc5)c5cccc2c53)C(C)(C)c2ccccc24)c2ccccc21.c1ccc(N2c3cccc4c3B(c3c-4n(-c4ccccc4)c4ccccc34)c3c2n(-c2ccccc2)c2ccccc32)cc1.c1ccc(N2c3cccc4c3B(c3c-4sc4ccccc34)c3c2sc2ccccc32)cc1.c1ccc(N2c3cccc4c3B(c3oc5ccccc5c32)c2c-4oc3ccccc23)cc1. The van der Waals surface area contributed by atoms with Crippen LogP contribution in [0.1, 0.15) is 55.5 Å². The van der Waals surface area contributed by atoms with Gasteiger partial charge in [-0.15, -0.1) is 22.7 Å². The van der Waals surface area contributed by atoms with Gasteiger partial charge < -0.3 is 28.1 Å². The van der Waals surface area contributed by atoms with Crippen molar-refractivity contribution in [3.63, 3.8) is 0 Å². The summed E-state index contributed by atoms with van der Waals surface area (Å²) < 4.78 is 20.8. The fraction of sp³-hybridized carbons (Fsp3) is 0.0462. The molecular weight excluding hydrogens is 1780 g/mol. The van der Waals surface area contributed by atoms with Crippen LogP contribution in [0.4, 0.5) is 62.0 Å². The molecule has 10 aliphatic rings. The molecule has 2 aliphatic carbocycles. The van der Waals surface area contributed by atoms with Gasteiger partial charge >= 0.3 is 0 Å². The molecule has 18 aromatic carbocycles. The summed E-state index contributed by atoms with van der Waals surface area (Å²) in [5.74, 6) is 2.18. The summed E-state index contributed by atoms with van der Waals surface area (Å²) in [5, 5.41) is 9.06. The molecule has 14 heterocycles. The van der Waals surface area contributed by atoms with E-state index in [2.05, 4.69) is 493 Å². The first-order valence-electron chi connectivity index (χ1n) is 50.2. The Hall–Kier alpha value is -17.0. The molecule has 0 saturated carbocycles. The van der Waals surface area contributed by atoms with Gasteiger partial charge in [0.25, 0.3) is 20.1 Å². The van der Waals surface area contributed by atoms with Gasteiger partial charge in [-0.2, -0.15) is 0 Å². The predicted molar refractivity (Wildman–Crippen MR) is 611 cm³/mol. The van der Waals surface area contributed by atoms with Gasteiger partial charge in [-0.3, -0.25) is 9.47 Å². The quantitative estimate of drug-likeness (QED) is 0.155. The number of para-hydroxylation sites is 10. The highest BCUT2D eigenvalue weighted by Crippen LogP contribution is 2.63. The summed E-state index contributed by atoms with van der Waals surface area (Å²) in [7, 11) is 0. The van der Waals surface area contributed by atoms with Gasteiger partial charge in [-0.25, -0.2) is 0 Å². The third-order valence-corrected chi connectivity index (χ3v) is 34.9. The van der Waals surface area contributed by atoms with Crippen LogP contribution in [0.3, 0.4) is 0 Å². The number of hydrogen-bond acceptors (Lipinski definition) is 8. The van der Waals surface area contributed by atoms with Crippen molar-refractivity contribution in [2.45, 2.75) is 38.5 Å². The third kappa shape index (κ3) is 11.2. The second-order valence-electron chi connectivity index (χ2n) is 40.4. The summed E-state index contributed by atoms with van der Waals surface area (Å²) in [6.45, 7) is 10.3. The van der Waals surface area contributed by atoms with E-state index in [-0.39, 0.29) is 31.0 Å². The first-order valence-corrected chi connectivity index (χ1v) is 51.8. The zero-order chi connectivity index (χ0) is 94.8. The van der Waals surface area contributed by atoms with Gasteiger partial charge in [0.05, 0.1) is 27.4 Å². The largest absolute Gasteiger partial charge is 0.468 e. The van der Waals surface area contributed by atoms with Gasteiger partial charge in [0.1, 0.15) is 22.7 Å². The number of benzene rings is 18. The molecule has 672 valence electrons. The van der Waals surface area contributed by atoms with Crippen molar-refractivity contribution in [1.82, 2.24) is 9.13 Å². The van der Waals surface area contributed by atoms with E-state index in [1.54, 1.807) is 0 Å². The summed E-state index contributed by atoms with van der Waals surface area (Å²) in [6, 6.07) is 163. The molecule has 8 aliphatic heterocycles. The van der Waals surface area contributed by atoms with Crippen molar-refractivity contribution in [3.05, 3.63) is 482 Å². The first-order chi connectivity index (χ1) is 71.1. The van der Waals surface area contributed by atoms with Crippen LogP contribution in [0.25, 0.3) is 125 Å². The smallest absolute Gasteiger partial charge is 0.298 e.